The Hall–Kier alpha value is -2.62. The van der Waals surface area contributed by atoms with Crippen molar-refractivity contribution in [1.82, 2.24) is 0 Å². The van der Waals surface area contributed by atoms with E-state index in [0.717, 1.165) is 11.5 Å². The number of hydrogen-bond donors (Lipinski definition) is 2. The summed E-state index contributed by atoms with van der Waals surface area (Å²) in [6.45, 7) is 0. The smallest absolute Gasteiger partial charge is 0.165 e. The fourth-order valence-corrected chi connectivity index (χ4v) is 2.27. The average Bonchev–Trinajstić information content (AvgIpc) is 2.43. The first-order valence-electron chi connectivity index (χ1n) is 5.97. The third kappa shape index (κ3) is 1.86. The molecule has 0 heterocycles. The first-order valence-corrected chi connectivity index (χ1v) is 5.97. The van der Waals surface area contributed by atoms with Crippen molar-refractivity contribution in [3.8, 4) is 22.6 Å². The van der Waals surface area contributed by atoms with E-state index in [1.54, 1.807) is 18.2 Å². The maximum absolute atomic E-state index is 14.0. The lowest BCUT2D eigenvalue weighted by atomic mass is 9.96. The molecule has 0 aromatic heterocycles. The molecule has 2 nitrogen and oxygen atoms in total. The van der Waals surface area contributed by atoms with Gasteiger partial charge >= 0.3 is 0 Å². The maximum Gasteiger partial charge on any atom is 0.165 e. The summed E-state index contributed by atoms with van der Waals surface area (Å²) >= 11 is 0. The van der Waals surface area contributed by atoms with Crippen molar-refractivity contribution in [3.05, 3.63) is 60.2 Å². The highest BCUT2D eigenvalue weighted by Gasteiger charge is 2.16. The van der Waals surface area contributed by atoms with Gasteiger partial charge in [0.15, 0.2) is 11.6 Å². The van der Waals surface area contributed by atoms with Crippen LogP contribution in [0.25, 0.3) is 21.9 Å². The van der Waals surface area contributed by atoms with E-state index in [1.807, 2.05) is 12.1 Å². The first-order chi connectivity index (χ1) is 9.58. The van der Waals surface area contributed by atoms with Crippen molar-refractivity contribution in [3.63, 3.8) is 0 Å². The predicted molar refractivity (Wildman–Crippen MR) is 72.6 cm³/mol. The van der Waals surface area contributed by atoms with E-state index in [9.17, 15) is 19.0 Å². The van der Waals surface area contributed by atoms with Gasteiger partial charge in [-0.1, -0.05) is 30.3 Å². The Morgan fingerprint density at radius 1 is 0.750 bits per heavy atom. The Kier molecular flexibility index (Phi) is 2.79. The molecule has 2 N–H and O–H groups in total. The molecule has 4 heteroatoms. The van der Waals surface area contributed by atoms with Crippen molar-refractivity contribution >= 4 is 10.8 Å². The Labute approximate surface area is 113 Å². The van der Waals surface area contributed by atoms with Crippen molar-refractivity contribution in [2.45, 2.75) is 0 Å². The summed E-state index contributed by atoms with van der Waals surface area (Å²) in [5.74, 6) is -2.64. The van der Waals surface area contributed by atoms with Gasteiger partial charge in [-0.15, -0.1) is 0 Å². The zero-order chi connectivity index (χ0) is 14.3. The van der Waals surface area contributed by atoms with Crippen LogP contribution >= 0.6 is 0 Å². The lowest BCUT2D eigenvalue weighted by Crippen LogP contribution is -1.90. The number of hydrogen-bond acceptors (Lipinski definition) is 2. The van der Waals surface area contributed by atoms with Gasteiger partial charge in [-0.3, -0.25) is 0 Å². The van der Waals surface area contributed by atoms with E-state index in [1.165, 1.54) is 6.07 Å². The summed E-state index contributed by atoms with van der Waals surface area (Å²) in [6.07, 6.45) is 0. The Morgan fingerprint density at radius 3 is 2.30 bits per heavy atom. The van der Waals surface area contributed by atoms with Gasteiger partial charge in [0.2, 0.25) is 0 Å². The second-order valence-electron chi connectivity index (χ2n) is 4.46. The molecule has 0 bridgehead atoms. The normalized spacial score (nSPS) is 10.9. The zero-order valence-electron chi connectivity index (χ0n) is 10.3. The molecule has 3 rings (SSSR count). The van der Waals surface area contributed by atoms with Crippen LogP contribution in [0.3, 0.4) is 0 Å². The molecule has 0 aliphatic carbocycles. The number of benzene rings is 3. The standard InChI is InChI=1S/C16H10F2O2/c17-12-8-15(20)13(18)7-11(12)16-10-4-2-1-3-9(10)5-6-14(16)19/h1-8,19-20H. The van der Waals surface area contributed by atoms with Crippen LogP contribution in [0.4, 0.5) is 8.78 Å². The van der Waals surface area contributed by atoms with E-state index in [-0.39, 0.29) is 16.9 Å². The molecule has 0 radical (unpaired) electrons. The number of fused-ring (bicyclic) bond motifs is 1. The summed E-state index contributed by atoms with van der Waals surface area (Å²) in [5, 5.41) is 20.6. The molecule has 0 aliphatic heterocycles. The highest BCUT2D eigenvalue weighted by atomic mass is 19.1. The van der Waals surface area contributed by atoms with Gasteiger partial charge in [0.05, 0.1) is 0 Å². The number of phenols is 2. The molecular weight excluding hydrogens is 262 g/mol. The highest BCUT2D eigenvalue weighted by Crippen LogP contribution is 2.39. The Balaban J connectivity index is 2.40. The lowest BCUT2D eigenvalue weighted by Gasteiger charge is -2.11. The molecule has 0 unspecified atom stereocenters. The van der Waals surface area contributed by atoms with Gasteiger partial charge in [-0.2, -0.15) is 0 Å². The summed E-state index contributed by atoms with van der Waals surface area (Å²) < 4.78 is 27.5. The monoisotopic (exact) mass is 272 g/mol. The van der Waals surface area contributed by atoms with Crippen LogP contribution in [-0.4, -0.2) is 10.2 Å². The molecular formula is C16H10F2O2. The van der Waals surface area contributed by atoms with Crippen molar-refractivity contribution in [2.24, 2.45) is 0 Å². The summed E-state index contributed by atoms with van der Waals surface area (Å²) in [5.41, 5.74) is 0.120. The lowest BCUT2D eigenvalue weighted by molar-refractivity contribution is 0.427. The molecule has 0 amide bonds. The van der Waals surface area contributed by atoms with E-state index in [0.29, 0.717) is 11.5 Å². The number of aromatic hydroxyl groups is 2. The van der Waals surface area contributed by atoms with Gasteiger partial charge in [0.1, 0.15) is 11.6 Å². The minimum atomic E-state index is -0.936. The van der Waals surface area contributed by atoms with E-state index in [2.05, 4.69) is 0 Å². The van der Waals surface area contributed by atoms with E-state index in [4.69, 9.17) is 0 Å². The van der Waals surface area contributed by atoms with Crippen LogP contribution in [-0.2, 0) is 0 Å². The van der Waals surface area contributed by atoms with E-state index < -0.39 is 17.4 Å². The van der Waals surface area contributed by atoms with E-state index >= 15 is 0 Å². The average molecular weight is 272 g/mol. The van der Waals surface area contributed by atoms with Gasteiger partial charge in [0, 0.05) is 17.2 Å². The third-order valence-corrected chi connectivity index (χ3v) is 3.21. The largest absolute Gasteiger partial charge is 0.507 e. The summed E-state index contributed by atoms with van der Waals surface area (Å²) in [4.78, 5) is 0. The van der Waals surface area contributed by atoms with Gasteiger partial charge in [-0.25, -0.2) is 8.78 Å². The van der Waals surface area contributed by atoms with Crippen molar-refractivity contribution in [1.29, 1.82) is 0 Å². The second kappa shape index (κ2) is 4.49. The molecule has 3 aromatic carbocycles. The Morgan fingerprint density at radius 2 is 1.50 bits per heavy atom. The third-order valence-electron chi connectivity index (χ3n) is 3.21. The van der Waals surface area contributed by atoms with Crippen LogP contribution in [0, 0.1) is 11.6 Å². The van der Waals surface area contributed by atoms with Crippen LogP contribution in [0.1, 0.15) is 0 Å². The molecule has 0 saturated heterocycles. The quantitative estimate of drug-likeness (QED) is 0.697. The first kappa shape index (κ1) is 12.4. The zero-order valence-corrected chi connectivity index (χ0v) is 10.3. The second-order valence-corrected chi connectivity index (χ2v) is 4.46. The minimum absolute atomic E-state index is 0.0883. The molecule has 0 atom stereocenters. The SMILES string of the molecule is Oc1cc(F)c(-c2c(O)ccc3ccccc23)cc1F. The number of halogens is 2. The number of rotatable bonds is 1. The Bertz CT molecular complexity index is 813. The fourth-order valence-electron chi connectivity index (χ4n) is 2.27. The molecule has 100 valence electrons. The van der Waals surface area contributed by atoms with Gasteiger partial charge < -0.3 is 10.2 Å². The highest BCUT2D eigenvalue weighted by molar-refractivity contribution is 5.99. The minimum Gasteiger partial charge on any atom is -0.507 e. The van der Waals surface area contributed by atoms with Crippen LogP contribution < -0.4 is 0 Å². The predicted octanol–water partition coefficient (Wildman–Crippen LogP) is 4.20. The van der Waals surface area contributed by atoms with Crippen LogP contribution in [0.2, 0.25) is 0 Å². The molecule has 0 saturated carbocycles. The molecule has 0 aliphatic rings. The summed E-state index contributed by atoms with van der Waals surface area (Å²) in [6, 6.07) is 11.8. The maximum atomic E-state index is 14.0. The molecule has 0 spiro atoms. The van der Waals surface area contributed by atoms with Crippen LogP contribution in [0.15, 0.2) is 48.5 Å². The molecule has 20 heavy (non-hydrogen) atoms. The fraction of sp³-hybridized carbons (Fsp3) is 0. The van der Waals surface area contributed by atoms with Gasteiger partial charge in [0.25, 0.3) is 0 Å². The topological polar surface area (TPSA) is 40.5 Å². The van der Waals surface area contributed by atoms with Gasteiger partial charge in [-0.05, 0) is 22.9 Å². The van der Waals surface area contributed by atoms with Crippen molar-refractivity contribution in [2.75, 3.05) is 0 Å². The molecule has 3 aromatic rings. The van der Waals surface area contributed by atoms with Crippen LogP contribution in [0.5, 0.6) is 11.5 Å². The summed E-state index contributed by atoms with van der Waals surface area (Å²) in [7, 11) is 0. The van der Waals surface area contributed by atoms with Crippen molar-refractivity contribution < 1.29 is 19.0 Å². The molecule has 0 fully saturated rings. The number of phenolic OH excluding ortho intramolecular Hbond substituents is 2.